The zero-order chi connectivity index (χ0) is 17.5. The quantitative estimate of drug-likeness (QED) is 0.610. The van der Waals surface area contributed by atoms with Gasteiger partial charge in [-0.1, -0.05) is 6.07 Å². The zero-order valence-electron chi connectivity index (χ0n) is 14.3. The van der Waals surface area contributed by atoms with Crippen molar-refractivity contribution >= 4 is 18.0 Å². The van der Waals surface area contributed by atoms with E-state index in [1.165, 1.54) is 7.11 Å². The van der Waals surface area contributed by atoms with Crippen LogP contribution in [-0.2, 0) is 14.3 Å². The van der Waals surface area contributed by atoms with Gasteiger partial charge in [0.15, 0.2) is 11.5 Å². The summed E-state index contributed by atoms with van der Waals surface area (Å²) in [5.74, 6) is 0.904. The van der Waals surface area contributed by atoms with Crippen molar-refractivity contribution < 1.29 is 23.8 Å². The molecule has 1 amide bonds. The summed E-state index contributed by atoms with van der Waals surface area (Å²) in [7, 11) is 4.54. The highest BCUT2D eigenvalue weighted by atomic mass is 16.5. The lowest BCUT2D eigenvalue weighted by atomic mass is 9.97. The van der Waals surface area contributed by atoms with Crippen LogP contribution in [0.4, 0.5) is 0 Å². The van der Waals surface area contributed by atoms with Gasteiger partial charge in [0.25, 0.3) is 0 Å². The number of ether oxygens (including phenoxy) is 3. The van der Waals surface area contributed by atoms with Gasteiger partial charge in [-0.25, -0.2) is 0 Å². The molecular weight excluding hydrogens is 310 g/mol. The van der Waals surface area contributed by atoms with E-state index in [2.05, 4.69) is 0 Å². The van der Waals surface area contributed by atoms with Gasteiger partial charge in [0.05, 0.1) is 27.2 Å². The van der Waals surface area contributed by atoms with Crippen LogP contribution in [0.15, 0.2) is 24.3 Å². The predicted octanol–water partition coefficient (Wildman–Crippen LogP) is 2.13. The molecule has 1 saturated heterocycles. The molecule has 6 nitrogen and oxygen atoms in total. The zero-order valence-corrected chi connectivity index (χ0v) is 14.3. The minimum absolute atomic E-state index is 0.0619. The first-order chi connectivity index (χ1) is 11.6. The van der Waals surface area contributed by atoms with Crippen molar-refractivity contribution in [3.8, 4) is 11.5 Å². The summed E-state index contributed by atoms with van der Waals surface area (Å²) in [5, 5.41) is 0. The number of piperidine rings is 1. The number of amides is 1. The Balaban J connectivity index is 1.95. The van der Waals surface area contributed by atoms with Crippen LogP contribution in [0.1, 0.15) is 18.4 Å². The molecular formula is C18H23NO5. The van der Waals surface area contributed by atoms with Crippen molar-refractivity contribution in [3.05, 3.63) is 29.8 Å². The molecule has 0 N–H and O–H groups in total. The number of methoxy groups -OCH3 is 3. The van der Waals surface area contributed by atoms with Crippen LogP contribution in [-0.4, -0.2) is 51.2 Å². The molecule has 1 aromatic rings. The van der Waals surface area contributed by atoms with Gasteiger partial charge in [0.1, 0.15) is 0 Å². The maximum Gasteiger partial charge on any atom is 0.308 e. The fraction of sp³-hybridized carbons (Fsp3) is 0.444. The normalized spacial score (nSPS) is 15.4. The number of benzene rings is 1. The lowest BCUT2D eigenvalue weighted by molar-refractivity contribution is -0.148. The van der Waals surface area contributed by atoms with Crippen molar-refractivity contribution in [3.63, 3.8) is 0 Å². The number of carbonyl (C=O) groups excluding carboxylic acids is 2. The standard InChI is InChI=1S/C18H23NO5/c1-22-15-6-4-13(12-16(15)23-2)5-7-17(20)19-10-8-14(9-11-19)18(21)24-3/h4-7,12,14H,8-11H2,1-3H3/b7-5+. The molecule has 1 fully saturated rings. The van der Waals surface area contributed by atoms with Gasteiger partial charge < -0.3 is 19.1 Å². The highest BCUT2D eigenvalue weighted by Crippen LogP contribution is 2.28. The number of hydrogen-bond acceptors (Lipinski definition) is 5. The first kappa shape index (κ1) is 17.8. The first-order valence-corrected chi connectivity index (χ1v) is 7.86. The summed E-state index contributed by atoms with van der Waals surface area (Å²) in [6, 6.07) is 5.46. The minimum Gasteiger partial charge on any atom is -0.493 e. The molecule has 0 saturated carbocycles. The van der Waals surface area contributed by atoms with Crippen molar-refractivity contribution in [2.75, 3.05) is 34.4 Å². The van der Waals surface area contributed by atoms with E-state index in [-0.39, 0.29) is 17.8 Å². The Morgan fingerprint density at radius 1 is 1.08 bits per heavy atom. The molecule has 130 valence electrons. The minimum atomic E-state index is -0.192. The molecule has 1 aromatic carbocycles. The third kappa shape index (κ3) is 4.28. The topological polar surface area (TPSA) is 65.1 Å². The number of esters is 1. The number of carbonyl (C=O) groups is 2. The lowest BCUT2D eigenvalue weighted by Crippen LogP contribution is -2.39. The second-order valence-corrected chi connectivity index (χ2v) is 5.57. The molecule has 24 heavy (non-hydrogen) atoms. The summed E-state index contributed by atoms with van der Waals surface area (Å²) in [4.78, 5) is 25.5. The fourth-order valence-electron chi connectivity index (χ4n) is 2.73. The molecule has 0 aliphatic carbocycles. The molecule has 1 aliphatic heterocycles. The van der Waals surface area contributed by atoms with Gasteiger partial charge in [-0.3, -0.25) is 9.59 Å². The Kier molecular flexibility index (Phi) is 6.23. The molecule has 6 heteroatoms. The van der Waals surface area contributed by atoms with Crippen molar-refractivity contribution in [1.82, 2.24) is 4.90 Å². The van der Waals surface area contributed by atoms with E-state index in [4.69, 9.17) is 14.2 Å². The SMILES string of the molecule is COC(=O)C1CCN(C(=O)/C=C/c2ccc(OC)c(OC)c2)CC1. The molecule has 0 unspecified atom stereocenters. The van der Waals surface area contributed by atoms with E-state index in [1.807, 2.05) is 12.1 Å². The summed E-state index contributed by atoms with van der Waals surface area (Å²) >= 11 is 0. The Hall–Kier alpha value is -2.50. The van der Waals surface area contributed by atoms with Crippen LogP contribution >= 0.6 is 0 Å². The molecule has 0 aromatic heterocycles. The van der Waals surface area contributed by atoms with Gasteiger partial charge in [-0.15, -0.1) is 0 Å². The van der Waals surface area contributed by atoms with Crippen LogP contribution in [0.5, 0.6) is 11.5 Å². The first-order valence-electron chi connectivity index (χ1n) is 7.86. The molecule has 0 radical (unpaired) electrons. The average molecular weight is 333 g/mol. The summed E-state index contributed by atoms with van der Waals surface area (Å²) in [5.41, 5.74) is 0.852. The average Bonchev–Trinajstić information content (AvgIpc) is 2.65. The van der Waals surface area contributed by atoms with Gasteiger partial charge >= 0.3 is 5.97 Å². The van der Waals surface area contributed by atoms with Crippen LogP contribution in [0, 0.1) is 5.92 Å². The Morgan fingerprint density at radius 2 is 1.75 bits per heavy atom. The van der Waals surface area contributed by atoms with Crippen molar-refractivity contribution in [2.24, 2.45) is 5.92 Å². The van der Waals surface area contributed by atoms with Crippen LogP contribution in [0.3, 0.4) is 0 Å². The highest BCUT2D eigenvalue weighted by molar-refractivity contribution is 5.92. The fourth-order valence-corrected chi connectivity index (χ4v) is 2.73. The molecule has 0 atom stereocenters. The van der Waals surface area contributed by atoms with E-state index >= 15 is 0 Å². The third-order valence-corrected chi connectivity index (χ3v) is 4.17. The largest absolute Gasteiger partial charge is 0.493 e. The van der Waals surface area contributed by atoms with Gasteiger partial charge in [-0.05, 0) is 36.6 Å². The number of rotatable bonds is 5. The number of nitrogens with zero attached hydrogens (tertiary/aromatic N) is 1. The molecule has 1 aliphatic rings. The van der Waals surface area contributed by atoms with Crippen LogP contribution < -0.4 is 9.47 Å². The van der Waals surface area contributed by atoms with Crippen molar-refractivity contribution in [2.45, 2.75) is 12.8 Å². The van der Waals surface area contributed by atoms with Gasteiger partial charge in [0, 0.05) is 19.2 Å². The van der Waals surface area contributed by atoms with Crippen molar-refractivity contribution in [1.29, 1.82) is 0 Å². The van der Waals surface area contributed by atoms with E-state index in [9.17, 15) is 9.59 Å². The third-order valence-electron chi connectivity index (χ3n) is 4.17. The maximum atomic E-state index is 12.3. The second kappa shape index (κ2) is 8.38. The molecule has 2 rings (SSSR count). The Bertz CT molecular complexity index is 618. The van der Waals surface area contributed by atoms with Crippen LogP contribution in [0.25, 0.3) is 6.08 Å². The lowest BCUT2D eigenvalue weighted by Gasteiger charge is -2.29. The highest BCUT2D eigenvalue weighted by Gasteiger charge is 2.26. The number of likely N-dealkylation sites (tertiary alicyclic amines) is 1. The number of hydrogen-bond donors (Lipinski definition) is 0. The van der Waals surface area contributed by atoms with Gasteiger partial charge in [0.2, 0.25) is 5.91 Å². The smallest absolute Gasteiger partial charge is 0.308 e. The van der Waals surface area contributed by atoms with E-state index in [1.54, 1.807) is 37.3 Å². The molecule has 1 heterocycles. The summed E-state index contributed by atoms with van der Waals surface area (Å²) < 4.78 is 15.2. The Morgan fingerprint density at radius 3 is 2.33 bits per heavy atom. The van der Waals surface area contributed by atoms with Crippen LogP contribution in [0.2, 0.25) is 0 Å². The van der Waals surface area contributed by atoms with E-state index in [0.717, 1.165) is 5.56 Å². The molecule has 0 spiro atoms. The molecule has 0 bridgehead atoms. The Labute approximate surface area is 142 Å². The maximum absolute atomic E-state index is 12.3. The van der Waals surface area contributed by atoms with E-state index < -0.39 is 0 Å². The van der Waals surface area contributed by atoms with E-state index in [0.29, 0.717) is 37.4 Å². The summed E-state index contributed by atoms with van der Waals surface area (Å²) in [6.07, 6.45) is 4.57. The van der Waals surface area contributed by atoms with Gasteiger partial charge in [-0.2, -0.15) is 0 Å². The summed E-state index contributed by atoms with van der Waals surface area (Å²) in [6.45, 7) is 1.13. The monoisotopic (exact) mass is 333 g/mol. The second-order valence-electron chi connectivity index (χ2n) is 5.57. The predicted molar refractivity (Wildman–Crippen MR) is 89.9 cm³/mol.